The van der Waals surface area contributed by atoms with Gasteiger partial charge in [0.15, 0.2) is 5.43 Å². The minimum atomic E-state index is -1.22. The molecule has 0 bridgehead atoms. The molecule has 0 unspecified atom stereocenters. The van der Waals surface area contributed by atoms with Crippen LogP contribution in [0.5, 0.6) is 0 Å². The summed E-state index contributed by atoms with van der Waals surface area (Å²) in [4.78, 5) is 22.5. The van der Waals surface area contributed by atoms with Crippen molar-refractivity contribution in [3.63, 3.8) is 0 Å². The molecular formula is C14H16BrN3O3. The van der Waals surface area contributed by atoms with Gasteiger partial charge in [0, 0.05) is 25.0 Å². The van der Waals surface area contributed by atoms with Crippen molar-refractivity contribution < 1.29 is 9.90 Å². The molecule has 0 spiro atoms. The maximum atomic E-state index is 11.5. The lowest BCUT2D eigenvalue weighted by Gasteiger charge is -2.09. The molecule has 0 atom stereocenters. The molecule has 7 heteroatoms. The van der Waals surface area contributed by atoms with Crippen molar-refractivity contribution in [1.29, 1.82) is 0 Å². The molecule has 21 heavy (non-hydrogen) atoms. The monoisotopic (exact) mass is 353 g/mol. The van der Waals surface area contributed by atoms with E-state index in [0.29, 0.717) is 6.54 Å². The van der Waals surface area contributed by atoms with E-state index >= 15 is 0 Å². The van der Waals surface area contributed by atoms with E-state index < -0.39 is 11.4 Å². The smallest absolute Gasteiger partial charge is 0.341 e. The van der Waals surface area contributed by atoms with E-state index in [2.05, 4.69) is 21.0 Å². The van der Waals surface area contributed by atoms with Crippen LogP contribution in [0.25, 0.3) is 0 Å². The van der Waals surface area contributed by atoms with Crippen molar-refractivity contribution in [1.82, 2.24) is 14.3 Å². The van der Waals surface area contributed by atoms with E-state index in [9.17, 15) is 9.59 Å². The van der Waals surface area contributed by atoms with Gasteiger partial charge in [0.1, 0.15) is 5.56 Å². The summed E-state index contributed by atoms with van der Waals surface area (Å²) in [5, 5.41) is 13.5. The SMILES string of the molecule is CCc1nn(CC)c(Cn2ccc(=O)c(C(=O)O)c2)c1Br. The fourth-order valence-corrected chi connectivity index (χ4v) is 2.82. The maximum Gasteiger partial charge on any atom is 0.341 e. The average molecular weight is 354 g/mol. The van der Waals surface area contributed by atoms with Crippen LogP contribution in [0, 0.1) is 0 Å². The predicted molar refractivity (Wildman–Crippen MR) is 81.7 cm³/mol. The van der Waals surface area contributed by atoms with Gasteiger partial charge in [-0.15, -0.1) is 0 Å². The lowest BCUT2D eigenvalue weighted by Crippen LogP contribution is -2.17. The van der Waals surface area contributed by atoms with Gasteiger partial charge in [-0.3, -0.25) is 9.48 Å². The topological polar surface area (TPSA) is 77.1 Å². The third-order valence-electron chi connectivity index (χ3n) is 3.23. The first-order valence-electron chi connectivity index (χ1n) is 6.65. The van der Waals surface area contributed by atoms with Gasteiger partial charge in [-0.1, -0.05) is 6.92 Å². The summed E-state index contributed by atoms with van der Waals surface area (Å²) in [7, 11) is 0. The molecule has 6 nitrogen and oxygen atoms in total. The van der Waals surface area contributed by atoms with Crippen LogP contribution in [0.1, 0.15) is 35.6 Å². The predicted octanol–water partition coefficient (Wildman–Crippen LogP) is 2.14. The Bertz CT molecular complexity index is 734. The lowest BCUT2D eigenvalue weighted by molar-refractivity contribution is 0.0694. The Balaban J connectivity index is 2.43. The van der Waals surface area contributed by atoms with Gasteiger partial charge >= 0.3 is 5.97 Å². The number of aromatic nitrogens is 3. The molecular weight excluding hydrogens is 338 g/mol. The Hall–Kier alpha value is -1.89. The number of pyridine rings is 1. The summed E-state index contributed by atoms with van der Waals surface area (Å²) in [6.45, 7) is 5.19. The van der Waals surface area contributed by atoms with Crippen molar-refractivity contribution >= 4 is 21.9 Å². The first-order chi connectivity index (χ1) is 9.97. The van der Waals surface area contributed by atoms with E-state index in [4.69, 9.17) is 5.11 Å². The molecule has 112 valence electrons. The number of hydrogen-bond acceptors (Lipinski definition) is 3. The molecule has 0 aliphatic rings. The number of carbonyl (C=O) groups is 1. The molecule has 0 aliphatic heterocycles. The van der Waals surface area contributed by atoms with E-state index in [-0.39, 0.29) is 5.56 Å². The lowest BCUT2D eigenvalue weighted by atomic mass is 10.2. The van der Waals surface area contributed by atoms with Crippen LogP contribution in [0.15, 0.2) is 27.7 Å². The number of carboxylic acids is 1. The zero-order valence-corrected chi connectivity index (χ0v) is 13.4. The number of carboxylic acid groups (broad SMARTS) is 1. The Labute approximate surface area is 130 Å². The summed E-state index contributed by atoms with van der Waals surface area (Å²) >= 11 is 3.55. The van der Waals surface area contributed by atoms with Crippen molar-refractivity contribution in [3.8, 4) is 0 Å². The quantitative estimate of drug-likeness (QED) is 0.893. The molecule has 1 N–H and O–H groups in total. The molecule has 0 aromatic carbocycles. The van der Waals surface area contributed by atoms with E-state index in [1.54, 1.807) is 10.8 Å². The van der Waals surface area contributed by atoms with Crippen LogP contribution in [0.3, 0.4) is 0 Å². The molecule has 0 radical (unpaired) electrons. The fraction of sp³-hybridized carbons (Fsp3) is 0.357. The summed E-state index contributed by atoms with van der Waals surface area (Å²) in [6.07, 6.45) is 3.75. The second-order valence-corrected chi connectivity index (χ2v) is 5.37. The Morgan fingerprint density at radius 3 is 2.71 bits per heavy atom. The highest BCUT2D eigenvalue weighted by atomic mass is 79.9. The summed E-state index contributed by atoms with van der Waals surface area (Å²) in [6, 6.07) is 1.27. The number of hydrogen-bond donors (Lipinski definition) is 1. The highest BCUT2D eigenvalue weighted by Crippen LogP contribution is 2.23. The number of rotatable bonds is 5. The van der Waals surface area contributed by atoms with Crippen LogP contribution >= 0.6 is 15.9 Å². The standard InChI is InChI=1S/C14H16BrN3O3/c1-3-10-13(15)11(18(4-2)16-10)8-17-6-5-12(19)9(7-17)14(20)21/h5-7H,3-4,8H2,1-2H3,(H,20,21). The van der Waals surface area contributed by atoms with Crippen molar-refractivity contribution in [2.75, 3.05) is 0 Å². The zero-order chi connectivity index (χ0) is 15.6. The first-order valence-corrected chi connectivity index (χ1v) is 7.44. The van der Waals surface area contributed by atoms with Crippen molar-refractivity contribution in [2.45, 2.75) is 33.4 Å². The van der Waals surface area contributed by atoms with E-state index in [1.807, 2.05) is 18.5 Å². The summed E-state index contributed by atoms with van der Waals surface area (Å²) in [5.41, 5.74) is 1.20. The van der Waals surface area contributed by atoms with Gasteiger partial charge < -0.3 is 9.67 Å². The molecule has 2 heterocycles. The van der Waals surface area contributed by atoms with E-state index in [0.717, 1.165) is 28.8 Å². The second-order valence-electron chi connectivity index (χ2n) is 4.58. The Morgan fingerprint density at radius 2 is 2.14 bits per heavy atom. The molecule has 2 rings (SSSR count). The van der Waals surface area contributed by atoms with Gasteiger partial charge in [0.2, 0.25) is 0 Å². The minimum Gasteiger partial charge on any atom is -0.477 e. The molecule has 2 aromatic heterocycles. The number of halogens is 1. The summed E-state index contributed by atoms with van der Waals surface area (Å²) in [5.74, 6) is -1.22. The Kier molecular flexibility index (Phi) is 4.62. The molecule has 0 amide bonds. The third-order valence-corrected chi connectivity index (χ3v) is 4.15. The maximum absolute atomic E-state index is 11.5. The summed E-state index contributed by atoms with van der Waals surface area (Å²) < 4.78 is 4.49. The second kappa shape index (κ2) is 6.26. The number of aryl methyl sites for hydroxylation is 2. The normalized spacial score (nSPS) is 10.8. The van der Waals surface area contributed by atoms with Crippen molar-refractivity contribution in [2.24, 2.45) is 0 Å². The number of aromatic carboxylic acids is 1. The highest BCUT2D eigenvalue weighted by Gasteiger charge is 2.15. The number of nitrogens with zero attached hydrogens (tertiary/aromatic N) is 3. The molecule has 2 aromatic rings. The van der Waals surface area contributed by atoms with Crippen molar-refractivity contribution in [3.05, 3.63) is 50.1 Å². The van der Waals surface area contributed by atoms with Gasteiger partial charge in [-0.05, 0) is 29.3 Å². The molecule has 0 aliphatic carbocycles. The zero-order valence-electron chi connectivity index (χ0n) is 11.8. The van der Waals surface area contributed by atoms with Crippen LogP contribution in [-0.4, -0.2) is 25.4 Å². The van der Waals surface area contributed by atoms with Crippen LogP contribution in [0.2, 0.25) is 0 Å². The molecule has 0 saturated heterocycles. The van der Waals surface area contributed by atoms with Gasteiger partial charge in [0.25, 0.3) is 0 Å². The Morgan fingerprint density at radius 1 is 1.43 bits per heavy atom. The average Bonchev–Trinajstić information content (AvgIpc) is 2.77. The van der Waals surface area contributed by atoms with Gasteiger partial charge in [-0.25, -0.2) is 4.79 Å². The minimum absolute atomic E-state index is 0.230. The molecule has 0 saturated carbocycles. The first kappa shape index (κ1) is 15.5. The van der Waals surface area contributed by atoms with E-state index in [1.165, 1.54) is 12.3 Å². The van der Waals surface area contributed by atoms with Crippen LogP contribution in [0.4, 0.5) is 0 Å². The fourth-order valence-electron chi connectivity index (χ4n) is 2.13. The van der Waals surface area contributed by atoms with Gasteiger partial charge in [0.05, 0.1) is 22.4 Å². The van der Waals surface area contributed by atoms with Gasteiger partial charge in [-0.2, -0.15) is 5.10 Å². The van der Waals surface area contributed by atoms with Crippen LogP contribution in [-0.2, 0) is 19.5 Å². The largest absolute Gasteiger partial charge is 0.477 e. The third kappa shape index (κ3) is 3.07. The van der Waals surface area contributed by atoms with Crippen LogP contribution < -0.4 is 5.43 Å². The highest BCUT2D eigenvalue weighted by molar-refractivity contribution is 9.10. The molecule has 0 fully saturated rings.